The summed E-state index contributed by atoms with van der Waals surface area (Å²) in [6.07, 6.45) is 6.61. The van der Waals surface area contributed by atoms with Crippen molar-refractivity contribution in [2.24, 2.45) is 23.2 Å². The lowest BCUT2D eigenvalue weighted by molar-refractivity contribution is -0.131. The van der Waals surface area contributed by atoms with Gasteiger partial charge in [-0.1, -0.05) is 26.3 Å². The Kier molecular flexibility index (Phi) is 3.55. The van der Waals surface area contributed by atoms with Gasteiger partial charge in [-0.3, -0.25) is 4.79 Å². The van der Waals surface area contributed by atoms with Gasteiger partial charge in [0, 0.05) is 11.8 Å². The maximum Gasteiger partial charge on any atom is 0.139 e. The van der Waals surface area contributed by atoms with Crippen molar-refractivity contribution in [2.75, 3.05) is 7.11 Å². The number of carbonyl (C=O) groups is 1. The number of rotatable bonds is 2. The Morgan fingerprint density at radius 2 is 2.09 bits per heavy atom. The molecule has 2 heteroatoms. The average Bonchev–Trinajstić information content (AvgIpc) is 2.88. The number of hydrogen-bond donors (Lipinski definition) is 0. The molecular weight excluding hydrogens is 284 g/mol. The number of benzene rings is 1. The maximum absolute atomic E-state index is 12.6. The van der Waals surface area contributed by atoms with Crippen molar-refractivity contribution in [3.8, 4) is 5.75 Å². The minimum absolute atomic E-state index is 0.0359. The summed E-state index contributed by atoms with van der Waals surface area (Å²) >= 11 is 0. The highest BCUT2D eigenvalue weighted by atomic mass is 16.5. The molecule has 0 heterocycles. The molecule has 2 saturated carbocycles. The van der Waals surface area contributed by atoms with Crippen LogP contribution < -0.4 is 4.74 Å². The van der Waals surface area contributed by atoms with Crippen LogP contribution in [0.5, 0.6) is 5.75 Å². The van der Waals surface area contributed by atoms with E-state index >= 15 is 0 Å². The van der Waals surface area contributed by atoms with E-state index in [1.54, 1.807) is 12.7 Å². The van der Waals surface area contributed by atoms with Crippen LogP contribution in [0.1, 0.15) is 63.0 Å². The predicted octanol–water partition coefficient (Wildman–Crippen LogP) is 4.76. The second-order valence-electron chi connectivity index (χ2n) is 8.15. The summed E-state index contributed by atoms with van der Waals surface area (Å²) in [7, 11) is 1.75. The third kappa shape index (κ3) is 2.10. The van der Waals surface area contributed by atoms with Crippen LogP contribution >= 0.6 is 0 Å². The second-order valence-corrected chi connectivity index (χ2v) is 8.15. The van der Waals surface area contributed by atoms with Gasteiger partial charge < -0.3 is 4.74 Å². The highest BCUT2D eigenvalue weighted by Crippen LogP contribution is 2.62. The van der Waals surface area contributed by atoms with E-state index < -0.39 is 0 Å². The molecule has 0 N–H and O–H groups in total. The van der Waals surface area contributed by atoms with Crippen LogP contribution in [0.15, 0.2) is 18.2 Å². The molecule has 0 bridgehead atoms. The minimum Gasteiger partial charge on any atom is -0.497 e. The number of methoxy groups -OCH3 is 1. The molecule has 4 rings (SSSR count). The van der Waals surface area contributed by atoms with E-state index in [0.29, 0.717) is 29.5 Å². The molecule has 3 aliphatic rings. The molecule has 1 aromatic carbocycles. The minimum atomic E-state index is -0.0359. The van der Waals surface area contributed by atoms with Gasteiger partial charge in [0.15, 0.2) is 0 Å². The van der Waals surface area contributed by atoms with Gasteiger partial charge in [-0.15, -0.1) is 0 Å². The molecule has 0 aliphatic heterocycles. The molecular formula is C21H28O2. The fourth-order valence-corrected chi connectivity index (χ4v) is 6.16. The average molecular weight is 312 g/mol. The van der Waals surface area contributed by atoms with E-state index in [1.807, 2.05) is 0 Å². The highest BCUT2D eigenvalue weighted by molar-refractivity contribution is 5.87. The smallest absolute Gasteiger partial charge is 0.139 e. The first-order chi connectivity index (χ1) is 11.1. The van der Waals surface area contributed by atoms with Gasteiger partial charge in [0.1, 0.15) is 11.5 Å². The summed E-state index contributed by atoms with van der Waals surface area (Å²) < 4.78 is 5.42. The molecule has 0 spiro atoms. The zero-order valence-electron chi connectivity index (χ0n) is 14.6. The van der Waals surface area contributed by atoms with Crippen LogP contribution in [0.4, 0.5) is 0 Å². The third-order valence-corrected chi connectivity index (χ3v) is 7.29. The van der Waals surface area contributed by atoms with E-state index in [4.69, 9.17) is 4.74 Å². The topological polar surface area (TPSA) is 26.3 Å². The summed E-state index contributed by atoms with van der Waals surface area (Å²) in [6, 6.07) is 6.68. The third-order valence-electron chi connectivity index (χ3n) is 7.29. The number of fused-ring (bicyclic) bond motifs is 5. The van der Waals surface area contributed by atoms with Crippen molar-refractivity contribution >= 4 is 5.78 Å². The maximum atomic E-state index is 12.6. The molecule has 2 fully saturated rings. The Bertz CT molecular complexity index is 635. The molecule has 0 saturated heterocycles. The Labute approximate surface area is 139 Å². The Morgan fingerprint density at radius 1 is 1.26 bits per heavy atom. The van der Waals surface area contributed by atoms with Crippen LogP contribution in [0.3, 0.4) is 0 Å². The van der Waals surface area contributed by atoms with Gasteiger partial charge in [0.2, 0.25) is 0 Å². The van der Waals surface area contributed by atoms with E-state index in [-0.39, 0.29) is 5.41 Å². The molecule has 0 aromatic heterocycles. The quantitative estimate of drug-likeness (QED) is 0.787. The van der Waals surface area contributed by atoms with E-state index in [1.165, 1.54) is 18.4 Å². The number of aryl methyl sites for hydroxylation is 1. The van der Waals surface area contributed by atoms with Crippen LogP contribution in [0.2, 0.25) is 0 Å². The van der Waals surface area contributed by atoms with Crippen LogP contribution in [0.25, 0.3) is 0 Å². The molecule has 23 heavy (non-hydrogen) atoms. The molecule has 0 amide bonds. The number of carbonyl (C=O) groups excluding carboxylic acids is 1. The van der Waals surface area contributed by atoms with Gasteiger partial charge in [-0.25, -0.2) is 0 Å². The van der Waals surface area contributed by atoms with E-state index in [0.717, 1.165) is 31.4 Å². The first-order valence-electron chi connectivity index (χ1n) is 9.28. The lowest BCUT2D eigenvalue weighted by atomic mass is 9.51. The largest absolute Gasteiger partial charge is 0.497 e. The fraction of sp³-hybridized carbons (Fsp3) is 0.667. The highest BCUT2D eigenvalue weighted by Gasteiger charge is 2.57. The van der Waals surface area contributed by atoms with Gasteiger partial charge in [0.25, 0.3) is 0 Å². The Hall–Kier alpha value is -1.31. The van der Waals surface area contributed by atoms with E-state index in [2.05, 4.69) is 32.0 Å². The summed E-state index contributed by atoms with van der Waals surface area (Å²) in [4.78, 5) is 12.6. The molecule has 3 aliphatic carbocycles. The van der Waals surface area contributed by atoms with Crippen molar-refractivity contribution < 1.29 is 9.53 Å². The first kappa shape index (κ1) is 15.2. The Balaban J connectivity index is 1.77. The van der Waals surface area contributed by atoms with Crippen LogP contribution in [-0.4, -0.2) is 12.9 Å². The molecule has 0 unspecified atom stereocenters. The molecule has 124 valence electrons. The summed E-state index contributed by atoms with van der Waals surface area (Å²) in [5.74, 6) is 4.13. The van der Waals surface area contributed by atoms with Crippen molar-refractivity contribution in [3.05, 3.63) is 29.3 Å². The van der Waals surface area contributed by atoms with Gasteiger partial charge >= 0.3 is 0 Å². The molecule has 5 atom stereocenters. The first-order valence-corrected chi connectivity index (χ1v) is 9.28. The number of ether oxygens (including phenoxy) is 1. The summed E-state index contributed by atoms with van der Waals surface area (Å²) in [5, 5.41) is 0. The lowest BCUT2D eigenvalue weighted by Gasteiger charge is -2.52. The molecule has 2 nitrogen and oxygen atoms in total. The van der Waals surface area contributed by atoms with Gasteiger partial charge in [-0.05, 0) is 72.6 Å². The normalized spacial score (nSPS) is 38.7. The zero-order chi connectivity index (χ0) is 16.2. The van der Waals surface area contributed by atoms with Gasteiger partial charge in [0.05, 0.1) is 7.11 Å². The molecule has 1 aromatic rings. The lowest BCUT2D eigenvalue weighted by Crippen LogP contribution is -2.46. The van der Waals surface area contributed by atoms with Crippen LogP contribution in [0, 0.1) is 23.2 Å². The Morgan fingerprint density at radius 3 is 2.83 bits per heavy atom. The SMILES string of the molecule is CC[C@H]1C[C@]2(C)C(=O)CC[C@H]2[C@@H]2CCc3cc(OC)ccc3[C@@H]12. The number of ketones is 1. The van der Waals surface area contributed by atoms with Crippen molar-refractivity contribution in [1.29, 1.82) is 0 Å². The summed E-state index contributed by atoms with van der Waals surface area (Å²) in [6.45, 7) is 4.58. The fourth-order valence-electron chi connectivity index (χ4n) is 6.16. The van der Waals surface area contributed by atoms with Gasteiger partial charge in [-0.2, -0.15) is 0 Å². The van der Waals surface area contributed by atoms with Crippen LogP contribution in [-0.2, 0) is 11.2 Å². The molecule has 0 radical (unpaired) electrons. The standard InChI is InChI=1S/C21H28O2/c1-4-13-12-21(2)18(9-10-19(21)22)17-7-5-14-11-15(23-3)6-8-16(14)20(13)17/h6,8,11,13,17-18,20H,4-5,7,9-10,12H2,1-3H3/t13-,17-,18-,20+,21-/m0/s1. The zero-order valence-corrected chi connectivity index (χ0v) is 14.6. The van der Waals surface area contributed by atoms with Crippen molar-refractivity contribution in [2.45, 2.75) is 58.3 Å². The number of Topliss-reactive ketones (excluding diaryl/α,β-unsaturated/α-hetero) is 1. The van der Waals surface area contributed by atoms with Crippen molar-refractivity contribution in [1.82, 2.24) is 0 Å². The summed E-state index contributed by atoms with van der Waals surface area (Å²) in [5.41, 5.74) is 3.00. The second kappa shape index (κ2) is 5.36. The van der Waals surface area contributed by atoms with Crippen molar-refractivity contribution in [3.63, 3.8) is 0 Å². The number of hydrogen-bond acceptors (Lipinski definition) is 2. The monoisotopic (exact) mass is 312 g/mol. The van der Waals surface area contributed by atoms with E-state index in [9.17, 15) is 4.79 Å². The predicted molar refractivity (Wildman–Crippen MR) is 91.8 cm³/mol.